The third-order valence-electron chi connectivity index (χ3n) is 0.724. The van der Waals surface area contributed by atoms with Crippen LogP contribution in [-0.2, 0) is 4.84 Å². The Morgan fingerprint density at radius 1 is 1.86 bits per heavy atom. The van der Waals surface area contributed by atoms with E-state index in [-0.39, 0.29) is 6.10 Å². The van der Waals surface area contributed by atoms with E-state index in [0.29, 0.717) is 0 Å². The number of rotatable bonds is 3. The number of hydrogen-bond acceptors (Lipinski definition) is 3. The van der Waals surface area contributed by atoms with E-state index < -0.39 is 0 Å². The normalized spacial score (nSPS) is 14.1. The van der Waals surface area contributed by atoms with Crippen molar-refractivity contribution in [3.63, 3.8) is 0 Å². The molecule has 0 saturated carbocycles. The van der Waals surface area contributed by atoms with E-state index in [1.165, 1.54) is 0 Å². The molecule has 1 atom stereocenters. The van der Waals surface area contributed by atoms with Gasteiger partial charge in [0.05, 0.1) is 6.10 Å². The van der Waals surface area contributed by atoms with Gasteiger partial charge in [-0.25, -0.2) is 5.90 Å². The Kier molecular flexibility index (Phi) is 3.98. The average molecular weight is 104 g/mol. The van der Waals surface area contributed by atoms with E-state index in [1.807, 2.05) is 14.0 Å². The number of nitrogens with two attached hydrogens (primary N) is 1. The highest BCUT2D eigenvalue weighted by Crippen LogP contribution is 1.77. The average Bonchev–Trinajstić information content (AvgIpc) is 1.68. The fourth-order valence-electron chi connectivity index (χ4n) is 0.336. The first kappa shape index (κ1) is 6.88. The largest absolute Gasteiger partial charge is 0.317 e. The van der Waals surface area contributed by atoms with Crippen molar-refractivity contribution in [1.29, 1.82) is 0 Å². The summed E-state index contributed by atoms with van der Waals surface area (Å²) in [6, 6.07) is 0. The zero-order chi connectivity index (χ0) is 5.70. The molecule has 0 spiro atoms. The van der Waals surface area contributed by atoms with Crippen molar-refractivity contribution in [2.24, 2.45) is 5.90 Å². The number of hydrogen-bond donors (Lipinski definition) is 2. The van der Waals surface area contributed by atoms with Crippen LogP contribution < -0.4 is 11.2 Å². The van der Waals surface area contributed by atoms with Gasteiger partial charge in [0.15, 0.2) is 0 Å². The maximum atomic E-state index is 4.82. The molecule has 0 aliphatic carbocycles. The van der Waals surface area contributed by atoms with Gasteiger partial charge in [-0.05, 0) is 14.0 Å². The molecule has 0 saturated heterocycles. The third-order valence-corrected chi connectivity index (χ3v) is 0.724. The van der Waals surface area contributed by atoms with Crippen molar-refractivity contribution in [3.05, 3.63) is 0 Å². The third kappa shape index (κ3) is 3.72. The molecular weight excluding hydrogens is 92.1 g/mol. The minimum absolute atomic E-state index is 0.116. The van der Waals surface area contributed by atoms with Gasteiger partial charge in [0.25, 0.3) is 0 Å². The molecule has 0 aromatic rings. The van der Waals surface area contributed by atoms with Crippen molar-refractivity contribution in [2.75, 3.05) is 13.6 Å². The lowest BCUT2D eigenvalue weighted by Crippen LogP contribution is -2.25. The molecular formula is C4H12N2O. The summed E-state index contributed by atoms with van der Waals surface area (Å²) in [4.78, 5) is 4.43. The second kappa shape index (κ2) is 4.05. The Bertz CT molecular complexity index is 40.7. The Morgan fingerprint density at radius 2 is 2.43 bits per heavy atom. The van der Waals surface area contributed by atoms with Crippen LogP contribution in [0.25, 0.3) is 0 Å². The first-order chi connectivity index (χ1) is 3.31. The molecule has 0 radical (unpaired) electrons. The molecule has 3 N–H and O–H groups in total. The zero-order valence-electron chi connectivity index (χ0n) is 4.77. The van der Waals surface area contributed by atoms with Gasteiger partial charge in [-0.1, -0.05) is 0 Å². The molecule has 0 rings (SSSR count). The maximum Gasteiger partial charge on any atom is 0.0883 e. The van der Waals surface area contributed by atoms with E-state index >= 15 is 0 Å². The van der Waals surface area contributed by atoms with Crippen LogP contribution in [0.15, 0.2) is 0 Å². The molecule has 0 fully saturated rings. The molecule has 0 heterocycles. The van der Waals surface area contributed by atoms with Gasteiger partial charge >= 0.3 is 0 Å². The Hall–Kier alpha value is -0.120. The molecule has 7 heavy (non-hydrogen) atoms. The Balaban J connectivity index is 2.83. The summed E-state index contributed by atoms with van der Waals surface area (Å²) in [7, 11) is 1.86. The van der Waals surface area contributed by atoms with Gasteiger partial charge in [0.2, 0.25) is 0 Å². The predicted octanol–water partition coefficient (Wildman–Crippen LogP) is -0.515. The summed E-state index contributed by atoms with van der Waals surface area (Å²) in [6.45, 7) is 2.70. The van der Waals surface area contributed by atoms with Crippen LogP contribution in [0.1, 0.15) is 6.92 Å². The molecule has 0 bridgehead atoms. The van der Waals surface area contributed by atoms with E-state index in [0.717, 1.165) is 6.54 Å². The molecule has 0 amide bonds. The van der Waals surface area contributed by atoms with Crippen LogP contribution in [0.2, 0.25) is 0 Å². The van der Waals surface area contributed by atoms with Gasteiger partial charge in [0, 0.05) is 6.54 Å². The molecule has 0 aliphatic heterocycles. The fourth-order valence-corrected chi connectivity index (χ4v) is 0.336. The van der Waals surface area contributed by atoms with Gasteiger partial charge in [-0.2, -0.15) is 0 Å². The smallest absolute Gasteiger partial charge is 0.0883 e. The SMILES string of the molecule is CNC[C@@H](C)ON. The van der Waals surface area contributed by atoms with Gasteiger partial charge < -0.3 is 10.2 Å². The Labute approximate surface area is 43.8 Å². The van der Waals surface area contributed by atoms with Gasteiger partial charge in [-0.15, -0.1) is 0 Å². The van der Waals surface area contributed by atoms with Crippen LogP contribution >= 0.6 is 0 Å². The van der Waals surface area contributed by atoms with Crippen LogP contribution in [0.3, 0.4) is 0 Å². The number of likely N-dealkylation sites (N-methyl/N-ethyl adjacent to an activating group) is 1. The minimum atomic E-state index is 0.116. The second-order valence-electron chi connectivity index (χ2n) is 1.50. The first-order valence-electron chi connectivity index (χ1n) is 2.31. The summed E-state index contributed by atoms with van der Waals surface area (Å²) in [6.07, 6.45) is 0.116. The van der Waals surface area contributed by atoms with Crippen molar-refractivity contribution in [1.82, 2.24) is 5.32 Å². The van der Waals surface area contributed by atoms with Crippen LogP contribution in [-0.4, -0.2) is 19.7 Å². The van der Waals surface area contributed by atoms with Crippen LogP contribution in [0.4, 0.5) is 0 Å². The summed E-state index contributed by atoms with van der Waals surface area (Å²) in [5.41, 5.74) is 0. The fraction of sp³-hybridized carbons (Fsp3) is 1.00. The van der Waals surface area contributed by atoms with E-state index in [1.54, 1.807) is 0 Å². The molecule has 0 aliphatic rings. The van der Waals surface area contributed by atoms with Crippen LogP contribution in [0.5, 0.6) is 0 Å². The minimum Gasteiger partial charge on any atom is -0.317 e. The van der Waals surface area contributed by atoms with Gasteiger partial charge in [-0.3, -0.25) is 0 Å². The highest BCUT2D eigenvalue weighted by atomic mass is 16.6. The number of nitrogens with one attached hydrogen (secondary N) is 1. The molecule has 44 valence electrons. The summed E-state index contributed by atoms with van der Waals surface area (Å²) < 4.78 is 0. The van der Waals surface area contributed by atoms with Crippen molar-refractivity contribution in [2.45, 2.75) is 13.0 Å². The Morgan fingerprint density at radius 3 is 2.57 bits per heavy atom. The first-order valence-corrected chi connectivity index (χ1v) is 2.31. The summed E-state index contributed by atoms with van der Waals surface area (Å²) in [5.74, 6) is 4.82. The molecule has 0 unspecified atom stereocenters. The topological polar surface area (TPSA) is 47.3 Å². The zero-order valence-corrected chi connectivity index (χ0v) is 4.77. The standard InChI is InChI=1S/C4H12N2O/c1-4(7-5)3-6-2/h4,6H,3,5H2,1-2H3/t4-/m1/s1. The van der Waals surface area contributed by atoms with Crippen LogP contribution in [0, 0.1) is 0 Å². The molecule has 3 nitrogen and oxygen atoms in total. The maximum absolute atomic E-state index is 4.82. The lowest BCUT2D eigenvalue weighted by atomic mass is 10.4. The summed E-state index contributed by atoms with van der Waals surface area (Å²) >= 11 is 0. The van der Waals surface area contributed by atoms with E-state index in [4.69, 9.17) is 5.90 Å². The highest BCUT2D eigenvalue weighted by molar-refractivity contribution is 4.47. The van der Waals surface area contributed by atoms with Crippen molar-refractivity contribution >= 4 is 0 Å². The van der Waals surface area contributed by atoms with Crippen molar-refractivity contribution < 1.29 is 4.84 Å². The molecule has 0 aromatic carbocycles. The van der Waals surface area contributed by atoms with Gasteiger partial charge in [0.1, 0.15) is 0 Å². The lowest BCUT2D eigenvalue weighted by Gasteiger charge is -2.04. The predicted molar refractivity (Wildman–Crippen MR) is 28.7 cm³/mol. The monoisotopic (exact) mass is 104 g/mol. The molecule has 3 heteroatoms. The molecule has 0 aromatic heterocycles. The summed E-state index contributed by atoms with van der Waals surface area (Å²) in [5, 5.41) is 2.91. The quantitative estimate of drug-likeness (QED) is 0.474. The van der Waals surface area contributed by atoms with E-state index in [9.17, 15) is 0 Å². The van der Waals surface area contributed by atoms with E-state index in [2.05, 4.69) is 10.2 Å². The lowest BCUT2D eigenvalue weighted by molar-refractivity contribution is 0.0679. The second-order valence-corrected chi connectivity index (χ2v) is 1.50. The van der Waals surface area contributed by atoms with Crippen molar-refractivity contribution in [3.8, 4) is 0 Å². The highest BCUT2D eigenvalue weighted by Gasteiger charge is 1.93.